The predicted molar refractivity (Wildman–Crippen MR) is 129 cm³/mol. The van der Waals surface area contributed by atoms with Crippen molar-refractivity contribution in [3.8, 4) is 0 Å². The molecule has 1 unspecified atom stereocenters. The Hall–Kier alpha value is -2.78. The summed E-state index contributed by atoms with van der Waals surface area (Å²) in [5.41, 5.74) is 7.74. The van der Waals surface area contributed by atoms with Crippen molar-refractivity contribution in [3.05, 3.63) is 119 Å². The third-order valence-electron chi connectivity index (χ3n) is 5.23. The molecule has 30 heavy (non-hydrogen) atoms. The van der Waals surface area contributed by atoms with Crippen LogP contribution in [0.5, 0.6) is 0 Å². The van der Waals surface area contributed by atoms with E-state index in [0.717, 1.165) is 11.4 Å². The van der Waals surface area contributed by atoms with Gasteiger partial charge in [-0.15, -0.1) is 11.8 Å². The second-order valence-corrected chi connectivity index (χ2v) is 8.12. The van der Waals surface area contributed by atoms with Crippen LogP contribution in [0.2, 0.25) is 0 Å². The Balaban J connectivity index is 0.00000124. The summed E-state index contributed by atoms with van der Waals surface area (Å²) in [6, 6.07) is 26.1. The van der Waals surface area contributed by atoms with Crippen LogP contribution in [0, 0.1) is 13.8 Å². The zero-order valence-electron chi connectivity index (χ0n) is 18.2. The third kappa shape index (κ3) is 5.22. The number of hydrogen-bond acceptors (Lipinski definition) is 2. The molecule has 0 fully saturated rings. The van der Waals surface area contributed by atoms with E-state index in [1.807, 2.05) is 31.8 Å². The number of aromatic nitrogens is 2. The van der Waals surface area contributed by atoms with Gasteiger partial charge in [0, 0.05) is 22.5 Å². The molecule has 154 valence electrons. The number of nitrogens with one attached hydrogen (secondary N) is 1. The maximum atomic E-state index is 4.28. The van der Waals surface area contributed by atoms with E-state index < -0.39 is 0 Å². The number of aromatic amines is 1. The molecule has 4 aromatic rings. The monoisotopic (exact) mass is 414 g/mol. The van der Waals surface area contributed by atoms with Crippen LogP contribution < -0.4 is 0 Å². The van der Waals surface area contributed by atoms with Crippen molar-refractivity contribution in [3.63, 3.8) is 0 Å². The number of rotatable bonds is 6. The van der Waals surface area contributed by atoms with Gasteiger partial charge >= 0.3 is 0 Å². The lowest BCUT2D eigenvalue weighted by molar-refractivity contribution is 0.913. The Bertz CT molecular complexity index is 1040. The number of imidazole rings is 1. The van der Waals surface area contributed by atoms with Crippen molar-refractivity contribution in [2.75, 3.05) is 0 Å². The van der Waals surface area contributed by atoms with E-state index in [-0.39, 0.29) is 5.92 Å². The summed E-state index contributed by atoms with van der Waals surface area (Å²) in [5.74, 6) is 1.13. The van der Waals surface area contributed by atoms with Gasteiger partial charge < -0.3 is 4.98 Å². The minimum Gasteiger partial charge on any atom is -0.348 e. The van der Waals surface area contributed by atoms with E-state index in [4.69, 9.17) is 0 Å². The molecule has 0 amide bonds. The summed E-state index contributed by atoms with van der Waals surface area (Å²) in [5, 5.41) is 0. The molecule has 0 spiro atoms. The van der Waals surface area contributed by atoms with Crippen LogP contribution in [0.25, 0.3) is 0 Å². The molecule has 2 nitrogen and oxygen atoms in total. The topological polar surface area (TPSA) is 28.7 Å². The average molecular weight is 415 g/mol. The van der Waals surface area contributed by atoms with Gasteiger partial charge in [0.2, 0.25) is 0 Å². The second kappa shape index (κ2) is 10.8. The SMILES string of the molecule is CC.Cc1cccc(C(c2cccc(SCc3ccccc3)c2)c2cnc[nH]2)c1C. The fourth-order valence-electron chi connectivity index (χ4n) is 3.56. The van der Waals surface area contributed by atoms with Crippen molar-refractivity contribution < 1.29 is 0 Å². The summed E-state index contributed by atoms with van der Waals surface area (Å²) in [6.45, 7) is 8.39. The lowest BCUT2D eigenvalue weighted by atomic mass is 9.85. The number of hydrogen-bond donors (Lipinski definition) is 1. The zero-order valence-corrected chi connectivity index (χ0v) is 19.0. The molecule has 1 N–H and O–H groups in total. The Morgan fingerprint density at radius 1 is 0.900 bits per heavy atom. The minimum atomic E-state index is 0.152. The van der Waals surface area contributed by atoms with Gasteiger partial charge in [0.05, 0.1) is 12.2 Å². The van der Waals surface area contributed by atoms with Crippen LogP contribution in [0.1, 0.15) is 53.3 Å². The van der Waals surface area contributed by atoms with Crippen molar-refractivity contribution in [2.45, 2.75) is 44.3 Å². The highest BCUT2D eigenvalue weighted by Gasteiger charge is 2.20. The highest BCUT2D eigenvalue weighted by molar-refractivity contribution is 7.98. The number of H-pyrrole nitrogens is 1. The van der Waals surface area contributed by atoms with Crippen LogP contribution in [0.15, 0.2) is 90.2 Å². The molecular weight excluding hydrogens is 384 g/mol. The highest BCUT2D eigenvalue weighted by Crippen LogP contribution is 2.35. The molecule has 0 radical (unpaired) electrons. The Labute approximate surface area is 184 Å². The van der Waals surface area contributed by atoms with E-state index in [1.165, 1.54) is 32.7 Å². The molecule has 1 aromatic heterocycles. The van der Waals surface area contributed by atoms with Crippen molar-refractivity contribution in [1.29, 1.82) is 0 Å². The number of aryl methyl sites for hydroxylation is 1. The molecule has 1 heterocycles. The van der Waals surface area contributed by atoms with Gasteiger partial charge in [0.1, 0.15) is 0 Å². The normalized spacial score (nSPS) is 11.5. The van der Waals surface area contributed by atoms with Crippen LogP contribution in [-0.2, 0) is 5.75 Å². The zero-order chi connectivity index (χ0) is 21.3. The summed E-state index contributed by atoms with van der Waals surface area (Å²) in [4.78, 5) is 8.91. The molecule has 4 rings (SSSR count). The molecule has 0 aliphatic rings. The molecule has 1 atom stereocenters. The van der Waals surface area contributed by atoms with Gasteiger partial charge in [-0.3, -0.25) is 0 Å². The van der Waals surface area contributed by atoms with Crippen molar-refractivity contribution in [2.24, 2.45) is 0 Å². The Kier molecular flexibility index (Phi) is 7.92. The molecule has 0 saturated carbocycles. The van der Waals surface area contributed by atoms with Gasteiger partial charge in [-0.1, -0.05) is 74.5 Å². The van der Waals surface area contributed by atoms with Crippen molar-refractivity contribution >= 4 is 11.8 Å². The van der Waals surface area contributed by atoms with Gasteiger partial charge in [-0.2, -0.15) is 0 Å². The van der Waals surface area contributed by atoms with Crippen LogP contribution in [0.3, 0.4) is 0 Å². The summed E-state index contributed by atoms with van der Waals surface area (Å²) >= 11 is 1.88. The number of thioether (sulfide) groups is 1. The summed E-state index contributed by atoms with van der Waals surface area (Å²) in [6.07, 6.45) is 3.71. The Morgan fingerprint density at radius 2 is 1.67 bits per heavy atom. The van der Waals surface area contributed by atoms with Crippen LogP contribution in [-0.4, -0.2) is 9.97 Å². The first kappa shape index (κ1) is 21.9. The van der Waals surface area contributed by atoms with Gasteiger partial charge in [0.15, 0.2) is 0 Å². The average Bonchev–Trinajstić information content (AvgIpc) is 3.32. The van der Waals surface area contributed by atoms with E-state index in [9.17, 15) is 0 Å². The lowest BCUT2D eigenvalue weighted by Gasteiger charge is -2.20. The van der Waals surface area contributed by atoms with Gasteiger partial charge in [-0.25, -0.2) is 4.98 Å². The van der Waals surface area contributed by atoms with Crippen LogP contribution in [0.4, 0.5) is 0 Å². The molecule has 3 aromatic carbocycles. The molecular formula is C27H30N2S. The standard InChI is InChI=1S/C25H24N2S.C2H6/c1-18-8-6-13-23(19(18)2)25(24-15-26-17-27-24)21-11-7-12-22(14-21)28-16-20-9-4-3-5-10-20;1-2/h3-15,17,25H,16H2,1-2H3,(H,26,27);1-2H3. The van der Waals surface area contributed by atoms with E-state index in [1.54, 1.807) is 6.33 Å². The van der Waals surface area contributed by atoms with E-state index in [2.05, 4.69) is 96.6 Å². The molecule has 0 bridgehead atoms. The Morgan fingerprint density at radius 3 is 2.40 bits per heavy atom. The fourth-order valence-corrected chi connectivity index (χ4v) is 4.48. The first-order chi connectivity index (χ1) is 14.7. The quantitative estimate of drug-likeness (QED) is 0.330. The smallest absolute Gasteiger partial charge is 0.0922 e. The fraction of sp³-hybridized carbons (Fsp3) is 0.222. The van der Waals surface area contributed by atoms with E-state index >= 15 is 0 Å². The minimum absolute atomic E-state index is 0.152. The first-order valence-electron chi connectivity index (χ1n) is 10.5. The number of benzene rings is 3. The highest BCUT2D eigenvalue weighted by atomic mass is 32.2. The first-order valence-corrected chi connectivity index (χ1v) is 11.5. The summed E-state index contributed by atoms with van der Waals surface area (Å²) in [7, 11) is 0. The third-order valence-corrected chi connectivity index (χ3v) is 6.29. The van der Waals surface area contributed by atoms with Crippen molar-refractivity contribution in [1.82, 2.24) is 9.97 Å². The van der Waals surface area contributed by atoms with Crippen LogP contribution >= 0.6 is 11.8 Å². The van der Waals surface area contributed by atoms with Gasteiger partial charge in [0.25, 0.3) is 0 Å². The molecule has 0 aliphatic heterocycles. The maximum absolute atomic E-state index is 4.28. The molecule has 3 heteroatoms. The maximum Gasteiger partial charge on any atom is 0.0922 e. The molecule has 0 saturated heterocycles. The largest absolute Gasteiger partial charge is 0.348 e. The second-order valence-electron chi connectivity index (χ2n) is 7.08. The predicted octanol–water partition coefficient (Wildman–Crippen LogP) is 7.53. The van der Waals surface area contributed by atoms with E-state index in [0.29, 0.717) is 0 Å². The molecule has 0 aliphatic carbocycles. The lowest BCUT2D eigenvalue weighted by Crippen LogP contribution is -2.07. The number of nitrogens with zero attached hydrogens (tertiary/aromatic N) is 1. The van der Waals surface area contributed by atoms with Gasteiger partial charge in [-0.05, 0) is 53.8 Å². The summed E-state index contributed by atoms with van der Waals surface area (Å²) < 4.78 is 0.